The Balaban J connectivity index is 1.40. The van der Waals surface area contributed by atoms with Gasteiger partial charge in [-0.2, -0.15) is 0 Å². The number of benzene rings is 6. The van der Waals surface area contributed by atoms with E-state index in [0.29, 0.717) is 0 Å². The highest BCUT2D eigenvalue weighted by atomic mass is 16.3. The van der Waals surface area contributed by atoms with Crippen molar-refractivity contribution in [2.75, 3.05) is 4.90 Å². The lowest BCUT2D eigenvalue weighted by molar-refractivity contribution is 0.632. The number of anilines is 3. The molecule has 0 saturated heterocycles. The number of fused-ring (bicyclic) bond motifs is 1. The molecule has 0 radical (unpaired) electrons. The highest BCUT2D eigenvalue weighted by molar-refractivity contribution is 6.02. The molecule has 0 N–H and O–H groups in total. The van der Waals surface area contributed by atoms with Crippen LogP contribution in [-0.2, 0) is 0 Å². The van der Waals surface area contributed by atoms with Gasteiger partial charge in [-0.1, -0.05) is 121 Å². The number of hydrogen-bond donors (Lipinski definition) is 0. The zero-order chi connectivity index (χ0) is 26.7. The van der Waals surface area contributed by atoms with Crippen LogP contribution in [0.2, 0.25) is 0 Å². The van der Waals surface area contributed by atoms with Crippen molar-refractivity contribution < 1.29 is 4.42 Å². The number of rotatable bonds is 6. The molecule has 0 aliphatic heterocycles. The molecule has 2 nitrogen and oxygen atoms in total. The van der Waals surface area contributed by atoms with E-state index in [2.05, 4.69) is 150 Å². The smallest absolute Gasteiger partial charge is 0.143 e. The Labute approximate surface area is 234 Å². The minimum absolute atomic E-state index is 0.875. The van der Waals surface area contributed by atoms with Crippen molar-refractivity contribution in [3.63, 3.8) is 0 Å². The van der Waals surface area contributed by atoms with Gasteiger partial charge in [0.25, 0.3) is 0 Å². The SMILES string of the molecule is c1ccc(-c2cccc(N(c3ccccc3)c3cccc(-c4oc5ccccc5c4-c4ccccc4)c3)c2)cc1. The molecule has 1 aromatic heterocycles. The van der Waals surface area contributed by atoms with Gasteiger partial charge in [0.15, 0.2) is 0 Å². The molecule has 1 heterocycles. The van der Waals surface area contributed by atoms with E-state index in [1.807, 2.05) is 18.2 Å². The van der Waals surface area contributed by atoms with Crippen molar-refractivity contribution in [3.8, 4) is 33.6 Å². The van der Waals surface area contributed by atoms with Gasteiger partial charge in [-0.05, 0) is 59.2 Å². The summed E-state index contributed by atoms with van der Waals surface area (Å²) < 4.78 is 6.54. The molecule has 0 saturated carbocycles. The lowest BCUT2D eigenvalue weighted by atomic mass is 9.98. The number of nitrogens with zero attached hydrogens (tertiary/aromatic N) is 1. The predicted octanol–water partition coefficient (Wildman–Crippen LogP) is 10.9. The van der Waals surface area contributed by atoms with Crippen LogP contribution in [0.15, 0.2) is 168 Å². The van der Waals surface area contributed by atoms with Gasteiger partial charge < -0.3 is 9.32 Å². The third-order valence-corrected chi connectivity index (χ3v) is 7.25. The number of furan rings is 1. The molecule has 0 fully saturated rings. The van der Waals surface area contributed by atoms with Gasteiger partial charge >= 0.3 is 0 Å². The van der Waals surface area contributed by atoms with E-state index in [4.69, 9.17) is 4.42 Å². The van der Waals surface area contributed by atoms with Crippen LogP contribution in [0.25, 0.3) is 44.5 Å². The average Bonchev–Trinajstić information content (AvgIpc) is 3.43. The largest absolute Gasteiger partial charge is 0.455 e. The third-order valence-electron chi connectivity index (χ3n) is 7.25. The van der Waals surface area contributed by atoms with Gasteiger partial charge in [-0.3, -0.25) is 0 Å². The molecular formula is C38H27NO. The molecule has 2 heteroatoms. The topological polar surface area (TPSA) is 16.4 Å². The predicted molar refractivity (Wildman–Crippen MR) is 167 cm³/mol. The minimum Gasteiger partial charge on any atom is -0.455 e. The fraction of sp³-hybridized carbons (Fsp3) is 0. The van der Waals surface area contributed by atoms with Crippen molar-refractivity contribution >= 4 is 28.0 Å². The second-order valence-corrected chi connectivity index (χ2v) is 9.81. The van der Waals surface area contributed by atoms with Gasteiger partial charge in [-0.15, -0.1) is 0 Å². The Morgan fingerprint density at radius 1 is 0.375 bits per heavy atom. The molecule has 7 rings (SSSR count). The first-order valence-electron chi connectivity index (χ1n) is 13.5. The van der Waals surface area contributed by atoms with E-state index >= 15 is 0 Å². The van der Waals surface area contributed by atoms with Crippen molar-refractivity contribution in [3.05, 3.63) is 164 Å². The molecule has 0 aliphatic carbocycles. The molecule has 7 aromatic rings. The maximum Gasteiger partial charge on any atom is 0.143 e. The van der Waals surface area contributed by atoms with Crippen LogP contribution >= 0.6 is 0 Å². The molecule has 0 amide bonds. The Bertz CT molecular complexity index is 1890. The van der Waals surface area contributed by atoms with E-state index in [-0.39, 0.29) is 0 Å². The summed E-state index contributed by atoms with van der Waals surface area (Å²) in [5, 5.41) is 1.12. The van der Waals surface area contributed by atoms with Crippen LogP contribution in [0.1, 0.15) is 0 Å². The average molecular weight is 514 g/mol. The van der Waals surface area contributed by atoms with Crippen LogP contribution in [0.3, 0.4) is 0 Å². The summed E-state index contributed by atoms with van der Waals surface area (Å²) in [5.41, 5.74) is 9.81. The van der Waals surface area contributed by atoms with Crippen molar-refractivity contribution in [1.82, 2.24) is 0 Å². The second kappa shape index (κ2) is 10.4. The highest BCUT2D eigenvalue weighted by Crippen LogP contribution is 2.43. The van der Waals surface area contributed by atoms with Gasteiger partial charge in [-0.25, -0.2) is 0 Å². The maximum atomic E-state index is 6.54. The lowest BCUT2D eigenvalue weighted by Crippen LogP contribution is -2.10. The minimum atomic E-state index is 0.875. The fourth-order valence-corrected chi connectivity index (χ4v) is 5.41. The maximum absolute atomic E-state index is 6.54. The van der Waals surface area contributed by atoms with Gasteiger partial charge in [0.2, 0.25) is 0 Å². The summed E-state index contributed by atoms with van der Waals surface area (Å²) in [6.45, 7) is 0. The Morgan fingerprint density at radius 2 is 0.875 bits per heavy atom. The molecular weight excluding hydrogens is 486 g/mol. The van der Waals surface area contributed by atoms with Crippen molar-refractivity contribution in [2.45, 2.75) is 0 Å². The van der Waals surface area contributed by atoms with Gasteiger partial charge in [0.05, 0.1) is 0 Å². The quantitative estimate of drug-likeness (QED) is 0.220. The molecule has 6 aromatic carbocycles. The Morgan fingerprint density at radius 3 is 1.57 bits per heavy atom. The monoisotopic (exact) mass is 513 g/mol. The molecule has 190 valence electrons. The van der Waals surface area contributed by atoms with E-state index in [1.54, 1.807) is 0 Å². The number of hydrogen-bond acceptors (Lipinski definition) is 2. The van der Waals surface area contributed by atoms with E-state index in [0.717, 1.165) is 50.5 Å². The van der Waals surface area contributed by atoms with E-state index in [1.165, 1.54) is 11.1 Å². The fourth-order valence-electron chi connectivity index (χ4n) is 5.41. The van der Waals surface area contributed by atoms with Crippen LogP contribution in [0.5, 0.6) is 0 Å². The summed E-state index contributed by atoms with van der Waals surface area (Å²) in [6, 6.07) is 57.2. The van der Waals surface area contributed by atoms with Gasteiger partial charge in [0.1, 0.15) is 11.3 Å². The zero-order valence-electron chi connectivity index (χ0n) is 21.9. The van der Waals surface area contributed by atoms with Crippen LogP contribution < -0.4 is 4.90 Å². The van der Waals surface area contributed by atoms with Crippen molar-refractivity contribution in [1.29, 1.82) is 0 Å². The highest BCUT2D eigenvalue weighted by Gasteiger charge is 2.19. The third kappa shape index (κ3) is 4.46. The first-order chi connectivity index (χ1) is 19.8. The Hall–Kier alpha value is -5.34. The van der Waals surface area contributed by atoms with Crippen LogP contribution in [-0.4, -0.2) is 0 Å². The molecule has 0 spiro atoms. The molecule has 0 atom stereocenters. The van der Waals surface area contributed by atoms with Crippen LogP contribution in [0, 0.1) is 0 Å². The summed E-state index contributed by atoms with van der Waals surface area (Å²) in [7, 11) is 0. The lowest BCUT2D eigenvalue weighted by Gasteiger charge is -2.26. The number of para-hydroxylation sites is 2. The summed E-state index contributed by atoms with van der Waals surface area (Å²) in [6.07, 6.45) is 0. The van der Waals surface area contributed by atoms with Crippen LogP contribution in [0.4, 0.5) is 17.1 Å². The summed E-state index contributed by atoms with van der Waals surface area (Å²) >= 11 is 0. The second-order valence-electron chi connectivity index (χ2n) is 9.81. The van der Waals surface area contributed by atoms with Gasteiger partial charge in [0, 0.05) is 33.6 Å². The molecule has 0 unspecified atom stereocenters. The van der Waals surface area contributed by atoms with E-state index < -0.39 is 0 Å². The van der Waals surface area contributed by atoms with E-state index in [9.17, 15) is 0 Å². The molecule has 0 aliphatic rings. The normalized spacial score (nSPS) is 11.0. The Kier molecular flexibility index (Phi) is 6.20. The summed E-state index contributed by atoms with van der Waals surface area (Å²) in [5.74, 6) is 0.875. The van der Waals surface area contributed by atoms with Crippen molar-refractivity contribution in [2.24, 2.45) is 0 Å². The molecule has 0 bridgehead atoms. The first-order valence-corrected chi connectivity index (χ1v) is 13.5. The zero-order valence-corrected chi connectivity index (χ0v) is 21.9. The first kappa shape index (κ1) is 23.8. The molecule has 40 heavy (non-hydrogen) atoms. The summed E-state index contributed by atoms with van der Waals surface area (Å²) in [4.78, 5) is 2.31. The standard InChI is InChI=1S/C38H27NO/c1-4-14-28(15-5-1)30-18-12-22-33(26-30)39(32-20-8-3-9-21-32)34-23-13-19-31(27-34)38-37(29-16-6-2-7-17-29)35-24-10-11-25-36(35)40-38/h1-27H.